The predicted molar refractivity (Wildman–Crippen MR) is 156 cm³/mol. The standard InChI is InChI=1S/C32H26N4O5/c1-15-17-8-5-12-22-30(17)36(23-13-7-10-19(27(23)34-22)31(38)40-3)24-14-20(32(39)41-4)28-29(25(15)24)35-26-18(16(2)37)9-6-11-21(26)33-28/h5-16,34,37H,1-4H3/t15?,16-/m1/s1. The number of carbonyl (C=O) groups is 2. The number of benzene rings is 4. The molecule has 0 aliphatic carbocycles. The van der Waals surface area contributed by atoms with Crippen LogP contribution in [0.3, 0.4) is 0 Å². The lowest BCUT2D eigenvalue weighted by molar-refractivity contribution is 0.0593. The van der Waals surface area contributed by atoms with E-state index < -0.39 is 18.0 Å². The van der Waals surface area contributed by atoms with Gasteiger partial charge in [0.05, 0.1) is 76.4 Å². The first kappa shape index (κ1) is 25.0. The van der Waals surface area contributed by atoms with E-state index in [1.807, 2.05) is 42.5 Å². The van der Waals surface area contributed by atoms with E-state index in [9.17, 15) is 14.7 Å². The molecule has 0 radical (unpaired) electrons. The minimum atomic E-state index is -0.762. The maximum Gasteiger partial charge on any atom is 0.340 e. The Morgan fingerprint density at radius 3 is 2.39 bits per heavy atom. The molecular weight excluding hydrogens is 520 g/mol. The second kappa shape index (κ2) is 9.00. The highest BCUT2D eigenvalue weighted by atomic mass is 16.5. The third kappa shape index (κ3) is 3.45. The van der Waals surface area contributed by atoms with Crippen molar-refractivity contribution in [3.05, 3.63) is 88.5 Å². The van der Waals surface area contributed by atoms with Gasteiger partial charge in [0.25, 0.3) is 0 Å². The van der Waals surface area contributed by atoms with Gasteiger partial charge < -0.3 is 24.8 Å². The summed E-state index contributed by atoms with van der Waals surface area (Å²) in [6.45, 7) is 3.80. The van der Waals surface area contributed by atoms with Crippen molar-refractivity contribution in [2.75, 3.05) is 24.4 Å². The van der Waals surface area contributed by atoms with Crippen molar-refractivity contribution in [1.29, 1.82) is 0 Å². The monoisotopic (exact) mass is 546 g/mol. The van der Waals surface area contributed by atoms with E-state index in [0.29, 0.717) is 38.9 Å². The highest BCUT2D eigenvalue weighted by Crippen LogP contribution is 2.58. The Morgan fingerprint density at radius 2 is 1.63 bits per heavy atom. The summed E-state index contributed by atoms with van der Waals surface area (Å²) in [4.78, 5) is 38.0. The Labute approximate surface area is 235 Å². The number of aromatic nitrogens is 2. The summed E-state index contributed by atoms with van der Waals surface area (Å²) in [5.41, 5.74) is 9.18. The van der Waals surface area contributed by atoms with Crippen LogP contribution in [-0.4, -0.2) is 41.2 Å². The van der Waals surface area contributed by atoms with Gasteiger partial charge in [0.1, 0.15) is 5.52 Å². The number of hydrogen-bond acceptors (Lipinski definition) is 9. The maximum atomic E-state index is 13.2. The second-order valence-corrected chi connectivity index (χ2v) is 10.3. The third-order valence-corrected chi connectivity index (χ3v) is 8.03. The minimum Gasteiger partial charge on any atom is -0.465 e. The molecule has 0 amide bonds. The first-order valence-corrected chi connectivity index (χ1v) is 13.3. The van der Waals surface area contributed by atoms with Crippen molar-refractivity contribution in [1.82, 2.24) is 9.97 Å². The van der Waals surface area contributed by atoms with Crippen LogP contribution in [0, 0.1) is 0 Å². The fourth-order valence-corrected chi connectivity index (χ4v) is 6.15. The van der Waals surface area contributed by atoms with Crippen LogP contribution in [-0.2, 0) is 9.47 Å². The average molecular weight is 547 g/mol. The van der Waals surface area contributed by atoms with Crippen molar-refractivity contribution in [3.63, 3.8) is 0 Å². The van der Waals surface area contributed by atoms with Gasteiger partial charge in [-0.05, 0) is 42.8 Å². The van der Waals surface area contributed by atoms with Gasteiger partial charge in [-0.25, -0.2) is 19.6 Å². The zero-order valence-electron chi connectivity index (χ0n) is 22.9. The topological polar surface area (TPSA) is 114 Å². The van der Waals surface area contributed by atoms with Gasteiger partial charge >= 0.3 is 11.9 Å². The van der Waals surface area contributed by atoms with Gasteiger partial charge in [-0.15, -0.1) is 0 Å². The van der Waals surface area contributed by atoms with Crippen LogP contribution in [0.5, 0.6) is 0 Å². The van der Waals surface area contributed by atoms with Gasteiger partial charge in [0.15, 0.2) is 0 Å². The Morgan fingerprint density at radius 1 is 0.902 bits per heavy atom. The predicted octanol–water partition coefficient (Wildman–Crippen LogP) is 6.40. The van der Waals surface area contributed by atoms with E-state index >= 15 is 0 Å². The molecule has 1 unspecified atom stereocenters. The van der Waals surface area contributed by atoms with Crippen molar-refractivity contribution in [3.8, 4) is 0 Å². The summed E-state index contributed by atoms with van der Waals surface area (Å²) in [5, 5.41) is 14.0. The zero-order valence-corrected chi connectivity index (χ0v) is 22.9. The van der Waals surface area contributed by atoms with E-state index in [1.165, 1.54) is 14.2 Å². The molecule has 0 fully saturated rings. The van der Waals surface area contributed by atoms with Crippen LogP contribution in [0.1, 0.15) is 63.3 Å². The molecule has 1 aromatic heterocycles. The number of ether oxygens (including phenoxy) is 2. The van der Waals surface area contributed by atoms with E-state index in [1.54, 1.807) is 19.1 Å². The number of fused-ring (bicyclic) bond motifs is 7. The summed E-state index contributed by atoms with van der Waals surface area (Å²) in [6.07, 6.45) is -0.762. The quantitative estimate of drug-likeness (QED) is 0.192. The Kier molecular flexibility index (Phi) is 5.49. The lowest BCUT2D eigenvalue weighted by Crippen LogP contribution is -2.27. The van der Waals surface area contributed by atoms with Crippen molar-refractivity contribution in [2.45, 2.75) is 25.9 Å². The molecule has 9 nitrogen and oxygen atoms in total. The summed E-state index contributed by atoms with van der Waals surface area (Å²) in [5.74, 6) is -1.12. The van der Waals surface area contributed by atoms with Crippen molar-refractivity contribution < 1.29 is 24.2 Å². The van der Waals surface area contributed by atoms with Crippen LogP contribution in [0.4, 0.5) is 28.4 Å². The molecule has 204 valence electrons. The SMILES string of the molecule is COC(=O)c1cccc2c1Nc1cccc3c1N2c1cc(C(=O)OC)c2nc4cccc([C@@H](C)O)c4nc2c1C3C. The molecule has 3 heterocycles. The zero-order chi connectivity index (χ0) is 28.6. The molecule has 2 atom stereocenters. The summed E-state index contributed by atoms with van der Waals surface area (Å²) >= 11 is 0. The van der Waals surface area contributed by atoms with E-state index in [0.717, 1.165) is 33.9 Å². The number of aliphatic hydroxyl groups excluding tert-OH is 1. The molecule has 4 aromatic carbocycles. The van der Waals surface area contributed by atoms with Gasteiger partial charge in [0.2, 0.25) is 0 Å². The van der Waals surface area contributed by atoms with Crippen LogP contribution in [0.15, 0.2) is 60.7 Å². The number of carbonyl (C=O) groups excluding carboxylic acids is 2. The number of hydrogen-bond donors (Lipinski definition) is 2. The number of nitrogens with zero attached hydrogens (tertiary/aromatic N) is 3. The van der Waals surface area contributed by atoms with E-state index in [4.69, 9.17) is 19.4 Å². The number of esters is 2. The number of rotatable bonds is 3. The number of aliphatic hydroxyl groups is 1. The summed E-state index contributed by atoms with van der Waals surface area (Å²) in [7, 11) is 2.69. The normalized spacial score (nSPS) is 15.4. The number of nitrogens with one attached hydrogen (secondary N) is 1. The third-order valence-electron chi connectivity index (χ3n) is 8.03. The van der Waals surface area contributed by atoms with Gasteiger partial charge in [-0.3, -0.25) is 0 Å². The lowest BCUT2D eigenvalue weighted by Gasteiger charge is -2.42. The largest absolute Gasteiger partial charge is 0.465 e. The molecule has 2 aliphatic heterocycles. The highest BCUT2D eigenvalue weighted by Gasteiger charge is 2.39. The number of anilines is 5. The molecular formula is C32H26N4O5. The molecule has 0 saturated heterocycles. The van der Waals surface area contributed by atoms with Crippen molar-refractivity contribution >= 4 is 62.4 Å². The fraction of sp³-hybridized carbons (Fsp3) is 0.188. The minimum absolute atomic E-state index is 0.122. The van der Waals surface area contributed by atoms with E-state index in [-0.39, 0.29) is 11.5 Å². The molecule has 2 N–H and O–H groups in total. The van der Waals surface area contributed by atoms with Gasteiger partial charge in [0, 0.05) is 17.0 Å². The smallest absolute Gasteiger partial charge is 0.340 e. The van der Waals surface area contributed by atoms with Crippen LogP contribution in [0.2, 0.25) is 0 Å². The highest BCUT2D eigenvalue weighted by molar-refractivity contribution is 6.12. The van der Waals surface area contributed by atoms with Crippen LogP contribution >= 0.6 is 0 Å². The van der Waals surface area contributed by atoms with Crippen LogP contribution < -0.4 is 10.2 Å². The summed E-state index contributed by atoms with van der Waals surface area (Å²) < 4.78 is 10.3. The first-order chi connectivity index (χ1) is 19.8. The average Bonchev–Trinajstić information content (AvgIpc) is 2.99. The van der Waals surface area contributed by atoms with E-state index in [2.05, 4.69) is 23.2 Å². The molecule has 2 aliphatic rings. The second-order valence-electron chi connectivity index (χ2n) is 10.3. The first-order valence-electron chi connectivity index (χ1n) is 13.3. The molecule has 5 aromatic rings. The summed E-state index contributed by atoms with van der Waals surface area (Å²) in [6, 6.07) is 18.7. The van der Waals surface area contributed by atoms with Crippen LogP contribution in [0.25, 0.3) is 22.1 Å². The number of para-hydroxylation sites is 3. The molecule has 41 heavy (non-hydrogen) atoms. The Bertz CT molecular complexity index is 1950. The Hall–Kier alpha value is -5.02. The number of methoxy groups -OCH3 is 2. The maximum absolute atomic E-state index is 13.2. The molecule has 7 rings (SSSR count). The molecule has 0 bridgehead atoms. The van der Waals surface area contributed by atoms with Crippen molar-refractivity contribution in [2.24, 2.45) is 0 Å². The van der Waals surface area contributed by atoms with Gasteiger partial charge in [-0.1, -0.05) is 37.3 Å². The Balaban J connectivity index is 1.63. The molecule has 0 saturated carbocycles. The molecule has 9 heteroatoms. The van der Waals surface area contributed by atoms with Gasteiger partial charge in [-0.2, -0.15) is 0 Å². The molecule has 0 spiro atoms. The fourth-order valence-electron chi connectivity index (χ4n) is 6.15. The lowest BCUT2D eigenvalue weighted by atomic mass is 9.82.